The molecule has 0 bridgehead atoms. The van der Waals surface area contributed by atoms with E-state index in [4.69, 9.17) is 4.74 Å². The fourth-order valence-corrected chi connectivity index (χ4v) is 3.19. The molecule has 6 heteroatoms. The van der Waals surface area contributed by atoms with Gasteiger partial charge in [0.2, 0.25) is 11.8 Å². The number of carbonyl (C=O) groups excluding carboxylic acids is 2. The van der Waals surface area contributed by atoms with Gasteiger partial charge in [0, 0.05) is 6.07 Å². The number of nitrogens with zero attached hydrogens (tertiary/aromatic N) is 1. The molecule has 2 atom stereocenters. The molecule has 110 valence electrons. The Labute approximate surface area is 121 Å². The van der Waals surface area contributed by atoms with Gasteiger partial charge >= 0.3 is 5.97 Å². The number of hydrogen-bond acceptors (Lipinski definition) is 4. The van der Waals surface area contributed by atoms with Crippen LogP contribution in [0.4, 0.5) is 5.69 Å². The first-order valence-electron chi connectivity index (χ1n) is 6.60. The van der Waals surface area contributed by atoms with Crippen molar-refractivity contribution in [3.05, 3.63) is 23.8 Å². The van der Waals surface area contributed by atoms with Crippen molar-refractivity contribution in [2.24, 2.45) is 17.3 Å². The first kappa shape index (κ1) is 13.6. The topological polar surface area (TPSA) is 83.9 Å². The average molecular weight is 289 g/mol. The number of hydrogen-bond donors (Lipinski definition) is 1. The van der Waals surface area contributed by atoms with Crippen molar-refractivity contribution in [1.29, 1.82) is 0 Å². The molecule has 1 N–H and O–H groups in total. The van der Waals surface area contributed by atoms with Gasteiger partial charge in [-0.1, -0.05) is 13.8 Å². The van der Waals surface area contributed by atoms with E-state index in [2.05, 4.69) is 0 Å². The average Bonchev–Trinajstić information content (AvgIpc) is 2.88. The van der Waals surface area contributed by atoms with Crippen LogP contribution < -0.4 is 9.64 Å². The maximum atomic E-state index is 12.4. The molecular formula is C15H15NO5. The van der Waals surface area contributed by atoms with Crippen LogP contribution in [0, 0.1) is 17.3 Å². The molecule has 1 aliphatic carbocycles. The molecule has 1 aromatic rings. The standard InChI is InChI=1S/C15H15NO5/c1-15(2)10-11(15)13(18)16(12(10)17)9-6-7(21-3)4-5-8(9)14(19)20/h4-6,10-11H,1-3H3,(H,19,20). The third-order valence-corrected chi connectivity index (χ3v) is 4.48. The lowest BCUT2D eigenvalue weighted by Crippen LogP contribution is -2.37. The molecule has 2 aliphatic rings. The van der Waals surface area contributed by atoms with Crippen LogP contribution in [0.5, 0.6) is 5.75 Å². The zero-order chi connectivity index (χ0) is 15.5. The number of benzene rings is 1. The third kappa shape index (κ3) is 1.68. The van der Waals surface area contributed by atoms with Gasteiger partial charge in [-0.25, -0.2) is 9.69 Å². The Morgan fingerprint density at radius 2 is 1.81 bits per heavy atom. The van der Waals surface area contributed by atoms with Crippen LogP contribution in [0.2, 0.25) is 0 Å². The number of rotatable bonds is 3. The number of carboxylic acid groups (broad SMARTS) is 1. The maximum absolute atomic E-state index is 12.4. The fourth-order valence-electron chi connectivity index (χ4n) is 3.19. The molecular weight excluding hydrogens is 274 g/mol. The normalized spacial score (nSPS) is 25.8. The molecule has 21 heavy (non-hydrogen) atoms. The van der Waals surface area contributed by atoms with E-state index in [-0.39, 0.29) is 40.3 Å². The fraction of sp³-hybridized carbons (Fsp3) is 0.400. The van der Waals surface area contributed by atoms with Crippen LogP contribution >= 0.6 is 0 Å². The third-order valence-electron chi connectivity index (χ3n) is 4.48. The zero-order valence-electron chi connectivity index (χ0n) is 11.9. The highest BCUT2D eigenvalue weighted by Gasteiger charge is 2.72. The number of imide groups is 1. The van der Waals surface area contributed by atoms with E-state index in [0.717, 1.165) is 4.90 Å². The molecule has 0 aromatic heterocycles. The number of fused-ring (bicyclic) bond motifs is 1. The summed E-state index contributed by atoms with van der Waals surface area (Å²) in [7, 11) is 1.44. The number of carbonyl (C=O) groups is 3. The largest absolute Gasteiger partial charge is 0.497 e. The van der Waals surface area contributed by atoms with E-state index >= 15 is 0 Å². The minimum atomic E-state index is -1.19. The molecule has 1 saturated heterocycles. The summed E-state index contributed by atoms with van der Waals surface area (Å²) in [5, 5.41) is 9.25. The predicted octanol–water partition coefficient (Wildman–Crippen LogP) is 1.54. The lowest BCUT2D eigenvalue weighted by molar-refractivity contribution is -0.125. The van der Waals surface area contributed by atoms with Gasteiger partial charge in [0.15, 0.2) is 0 Å². The van der Waals surface area contributed by atoms with Gasteiger partial charge in [-0.15, -0.1) is 0 Å². The second-order valence-corrected chi connectivity index (χ2v) is 5.98. The van der Waals surface area contributed by atoms with E-state index in [9.17, 15) is 19.5 Å². The van der Waals surface area contributed by atoms with E-state index in [1.54, 1.807) is 0 Å². The summed E-state index contributed by atoms with van der Waals surface area (Å²) in [6.07, 6.45) is 0. The highest BCUT2D eigenvalue weighted by atomic mass is 16.5. The van der Waals surface area contributed by atoms with Crippen LogP contribution in [0.1, 0.15) is 24.2 Å². The minimum Gasteiger partial charge on any atom is -0.497 e. The van der Waals surface area contributed by atoms with Crippen molar-refractivity contribution >= 4 is 23.5 Å². The van der Waals surface area contributed by atoms with Crippen LogP contribution in [0.3, 0.4) is 0 Å². The SMILES string of the molecule is COc1ccc(C(=O)O)c(N2C(=O)C3C(C2=O)C3(C)C)c1. The molecule has 6 nitrogen and oxygen atoms in total. The predicted molar refractivity (Wildman–Crippen MR) is 73.2 cm³/mol. The van der Waals surface area contributed by atoms with Crippen LogP contribution in [-0.2, 0) is 9.59 Å². The Kier molecular flexibility index (Phi) is 2.63. The summed E-state index contributed by atoms with van der Waals surface area (Å²) in [5.74, 6) is -2.14. The van der Waals surface area contributed by atoms with Crippen molar-refractivity contribution in [3.63, 3.8) is 0 Å². The lowest BCUT2D eigenvalue weighted by Gasteiger charge is -2.22. The van der Waals surface area contributed by atoms with Crippen molar-refractivity contribution in [3.8, 4) is 5.75 Å². The Morgan fingerprint density at radius 1 is 1.24 bits per heavy atom. The minimum absolute atomic E-state index is 0.0832. The molecule has 2 amide bonds. The first-order chi connectivity index (χ1) is 9.80. The summed E-state index contributed by atoms with van der Waals surface area (Å²) >= 11 is 0. The maximum Gasteiger partial charge on any atom is 0.337 e. The number of amides is 2. The van der Waals surface area contributed by atoms with E-state index in [1.165, 1.54) is 25.3 Å². The summed E-state index contributed by atoms with van der Waals surface area (Å²) in [6, 6.07) is 4.24. The summed E-state index contributed by atoms with van der Waals surface area (Å²) < 4.78 is 5.06. The smallest absolute Gasteiger partial charge is 0.337 e. The van der Waals surface area contributed by atoms with E-state index in [0.29, 0.717) is 5.75 Å². The van der Waals surface area contributed by atoms with Crippen molar-refractivity contribution in [2.75, 3.05) is 12.0 Å². The van der Waals surface area contributed by atoms with Gasteiger partial charge in [-0.05, 0) is 17.5 Å². The Balaban J connectivity index is 2.08. The highest BCUT2D eigenvalue weighted by Crippen LogP contribution is 2.63. The van der Waals surface area contributed by atoms with Crippen molar-refractivity contribution in [1.82, 2.24) is 0 Å². The summed E-state index contributed by atoms with van der Waals surface area (Å²) in [6.45, 7) is 3.75. The molecule has 0 radical (unpaired) electrons. The number of aromatic carboxylic acids is 1. The molecule has 3 rings (SSSR count). The van der Waals surface area contributed by atoms with Gasteiger partial charge in [0.1, 0.15) is 5.75 Å². The molecule has 1 aromatic carbocycles. The van der Waals surface area contributed by atoms with Crippen LogP contribution in [0.25, 0.3) is 0 Å². The second-order valence-electron chi connectivity index (χ2n) is 5.98. The molecule has 1 heterocycles. The highest BCUT2D eigenvalue weighted by molar-refractivity contribution is 6.27. The van der Waals surface area contributed by atoms with Gasteiger partial charge < -0.3 is 9.84 Å². The lowest BCUT2D eigenvalue weighted by atomic mass is 10.0. The summed E-state index contributed by atoms with van der Waals surface area (Å²) in [5.41, 5.74) is -0.330. The first-order valence-corrected chi connectivity index (χ1v) is 6.60. The molecule has 0 spiro atoms. The van der Waals surface area contributed by atoms with Gasteiger partial charge in [-0.2, -0.15) is 0 Å². The van der Waals surface area contributed by atoms with E-state index < -0.39 is 5.97 Å². The number of ether oxygens (including phenoxy) is 1. The van der Waals surface area contributed by atoms with Crippen molar-refractivity contribution < 1.29 is 24.2 Å². The van der Waals surface area contributed by atoms with E-state index in [1.807, 2.05) is 13.8 Å². The van der Waals surface area contributed by atoms with Gasteiger partial charge in [-0.3, -0.25) is 9.59 Å². The monoisotopic (exact) mass is 289 g/mol. The zero-order valence-corrected chi connectivity index (χ0v) is 11.9. The van der Waals surface area contributed by atoms with Gasteiger partial charge in [0.25, 0.3) is 0 Å². The Hall–Kier alpha value is -2.37. The number of carboxylic acids is 1. The second kappa shape index (κ2) is 4.07. The molecule has 2 fully saturated rings. The quantitative estimate of drug-likeness (QED) is 0.853. The Bertz CT molecular complexity index is 655. The summed E-state index contributed by atoms with van der Waals surface area (Å²) in [4.78, 5) is 37.2. The van der Waals surface area contributed by atoms with Crippen LogP contribution in [0.15, 0.2) is 18.2 Å². The molecule has 1 aliphatic heterocycles. The van der Waals surface area contributed by atoms with Crippen LogP contribution in [-0.4, -0.2) is 30.0 Å². The van der Waals surface area contributed by atoms with Crippen molar-refractivity contribution in [2.45, 2.75) is 13.8 Å². The molecule has 1 saturated carbocycles. The molecule has 2 unspecified atom stereocenters. The number of piperidine rings is 1. The number of methoxy groups -OCH3 is 1. The Morgan fingerprint density at radius 3 is 2.29 bits per heavy atom. The number of anilines is 1. The van der Waals surface area contributed by atoms with Gasteiger partial charge in [0.05, 0.1) is 30.2 Å².